The first kappa shape index (κ1) is 14.3. The maximum atomic E-state index is 11.7. The van der Waals surface area contributed by atoms with Gasteiger partial charge in [0.05, 0.1) is 6.61 Å². The molecule has 1 fully saturated rings. The third kappa shape index (κ3) is 4.91. The minimum Gasteiger partial charge on any atom is -0.384 e. The van der Waals surface area contributed by atoms with Crippen LogP contribution in [0.1, 0.15) is 19.3 Å². The zero-order valence-corrected chi connectivity index (χ0v) is 10.8. The van der Waals surface area contributed by atoms with Crippen molar-refractivity contribution in [3.8, 4) is 0 Å². The molecule has 1 heterocycles. The van der Waals surface area contributed by atoms with Gasteiger partial charge in [0.25, 0.3) is 0 Å². The number of rotatable bonds is 4. The summed E-state index contributed by atoms with van der Waals surface area (Å²) < 4.78 is 5.09. The van der Waals surface area contributed by atoms with Gasteiger partial charge in [-0.1, -0.05) is 0 Å². The molecule has 3 amide bonds. The van der Waals surface area contributed by atoms with E-state index in [1.165, 1.54) is 0 Å². The van der Waals surface area contributed by atoms with Crippen molar-refractivity contribution in [1.29, 1.82) is 0 Å². The molecule has 0 radical (unpaired) electrons. The van der Waals surface area contributed by atoms with Crippen molar-refractivity contribution in [2.24, 2.45) is 5.92 Å². The van der Waals surface area contributed by atoms with Crippen LogP contribution in [-0.2, 0) is 9.53 Å². The van der Waals surface area contributed by atoms with E-state index in [-0.39, 0.29) is 24.2 Å². The first-order valence-electron chi connectivity index (χ1n) is 5.81. The summed E-state index contributed by atoms with van der Waals surface area (Å²) in [7, 11) is 1.66. The van der Waals surface area contributed by atoms with Gasteiger partial charge in [-0.05, 0) is 12.8 Å². The van der Waals surface area contributed by atoms with Crippen molar-refractivity contribution in [3.63, 3.8) is 0 Å². The Bertz CT molecular complexity index is 271. The summed E-state index contributed by atoms with van der Waals surface area (Å²) in [5.74, 6) is 0.271. The van der Waals surface area contributed by atoms with E-state index in [1.807, 2.05) is 0 Å². The first-order valence-corrected chi connectivity index (χ1v) is 6.34. The van der Waals surface area contributed by atoms with Gasteiger partial charge in [-0.3, -0.25) is 10.1 Å². The largest absolute Gasteiger partial charge is 0.384 e. The van der Waals surface area contributed by atoms with Gasteiger partial charge < -0.3 is 9.64 Å². The fraction of sp³-hybridized carbons (Fsp3) is 0.818. The van der Waals surface area contributed by atoms with Gasteiger partial charge >= 0.3 is 6.03 Å². The highest BCUT2D eigenvalue weighted by molar-refractivity contribution is 6.19. The summed E-state index contributed by atoms with van der Waals surface area (Å²) in [6.07, 6.45) is 2.18. The van der Waals surface area contributed by atoms with E-state index in [0.717, 1.165) is 12.8 Å². The van der Waals surface area contributed by atoms with E-state index in [4.69, 9.17) is 16.3 Å². The second-order valence-electron chi connectivity index (χ2n) is 4.20. The number of urea groups is 1. The molecular formula is C11H19ClN2O3. The van der Waals surface area contributed by atoms with Crippen molar-refractivity contribution in [3.05, 3.63) is 0 Å². The lowest BCUT2D eigenvalue weighted by atomic mass is 9.99. The summed E-state index contributed by atoms with van der Waals surface area (Å²) in [6, 6.07) is -0.319. The minimum atomic E-state index is -0.320. The smallest absolute Gasteiger partial charge is 0.324 e. The third-order valence-electron chi connectivity index (χ3n) is 2.78. The zero-order chi connectivity index (χ0) is 12.7. The molecule has 0 bridgehead atoms. The lowest BCUT2D eigenvalue weighted by molar-refractivity contribution is -0.119. The van der Waals surface area contributed by atoms with Crippen LogP contribution in [0.15, 0.2) is 0 Å². The van der Waals surface area contributed by atoms with Crippen molar-refractivity contribution in [2.45, 2.75) is 19.3 Å². The number of likely N-dealkylation sites (tertiary alicyclic amines) is 1. The van der Waals surface area contributed by atoms with E-state index < -0.39 is 0 Å². The highest BCUT2D eigenvalue weighted by atomic mass is 35.5. The first-order chi connectivity index (χ1) is 8.17. The van der Waals surface area contributed by atoms with Crippen molar-refractivity contribution < 1.29 is 14.3 Å². The molecule has 1 aliphatic heterocycles. The Morgan fingerprint density at radius 1 is 1.53 bits per heavy atom. The number of amides is 3. The maximum absolute atomic E-state index is 11.7. The molecule has 0 aliphatic carbocycles. The lowest BCUT2D eigenvalue weighted by Crippen LogP contribution is -2.48. The summed E-state index contributed by atoms with van der Waals surface area (Å²) in [5.41, 5.74) is 0. The Hall–Kier alpha value is -0.810. The molecule has 0 aromatic rings. The third-order valence-corrected chi connectivity index (χ3v) is 2.97. The molecule has 0 aromatic carbocycles. The molecule has 5 nitrogen and oxygen atoms in total. The fourth-order valence-corrected chi connectivity index (χ4v) is 2.14. The van der Waals surface area contributed by atoms with Crippen LogP contribution in [0.3, 0.4) is 0 Å². The highest BCUT2D eigenvalue weighted by Gasteiger charge is 2.24. The normalized spacial score (nSPS) is 20.1. The number of nitrogens with zero attached hydrogens (tertiary/aromatic N) is 1. The average Bonchev–Trinajstić information content (AvgIpc) is 2.30. The molecule has 1 rings (SSSR count). The highest BCUT2D eigenvalue weighted by Crippen LogP contribution is 2.16. The van der Waals surface area contributed by atoms with E-state index in [0.29, 0.717) is 25.6 Å². The second-order valence-corrected chi connectivity index (χ2v) is 4.58. The van der Waals surface area contributed by atoms with Crippen LogP contribution in [0, 0.1) is 5.92 Å². The number of halogens is 1. The Labute approximate surface area is 106 Å². The number of methoxy groups -OCH3 is 1. The standard InChI is InChI=1S/C11H19ClN2O3/c1-17-8-9-3-2-6-14(7-9)11(16)13-10(15)4-5-12/h9H,2-8H2,1H3,(H,13,15,16). The lowest BCUT2D eigenvalue weighted by Gasteiger charge is -2.32. The van der Waals surface area contributed by atoms with Gasteiger partial charge in [-0.15, -0.1) is 11.6 Å². The van der Waals surface area contributed by atoms with Crippen LogP contribution in [0.5, 0.6) is 0 Å². The van der Waals surface area contributed by atoms with E-state index in [9.17, 15) is 9.59 Å². The quantitative estimate of drug-likeness (QED) is 0.775. The molecular weight excluding hydrogens is 244 g/mol. The monoisotopic (exact) mass is 262 g/mol. The van der Waals surface area contributed by atoms with Crippen LogP contribution in [-0.4, -0.2) is 49.5 Å². The van der Waals surface area contributed by atoms with Crippen molar-refractivity contribution in [2.75, 3.05) is 32.7 Å². The molecule has 1 saturated heterocycles. The number of hydrogen-bond acceptors (Lipinski definition) is 3. The van der Waals surface area contributed by atoms with Gasteiger partial charge in [-0.2, -0.15) is 0 Å². The Balaban J connectivity index is 2.38. The molecule has 0 spiro atoms. The summed E-state index contributed by atoms with van der Waals surface area (Å²) in [4.78, 5) is 24.6. The van der Waals surface area contributed by atoms with Crippen LogP contribution in [0.2, 0.25) is 0 Å². The molecule has 6 heteroatoms. The number of piperidine rings is 1. The molecule has 1 unspecified atom stereocenters. The number of carbonyl (C=O) groups excluding carboxylic acids is 2. The number of imide groups is 1. The van der Waals surface area contributed by atoms with Crippen molar-refractivity contribution >= 4 is 23.5 Å². The van der Waals surface area contributed by atoms with E-state index in [2.05, 4.69) is 5.32 Å². The number of carbonyl (C=O) groups is 2. The van der Waals surface area contributed by atoms with E-state index in [1.54, 1.807) is 12.0 Å². The van der Waals surface area contributed by atoms with Gasteiger partial charge in [0.1, 0.15) is 0 Å². The minimum absolute atomic E-state index is 0.169. The van der Waals surface area contributed by atoms with Crippen LogP contribution < -0.4 is 5.32 Å². The van der Waals surface area contributed by atoms with Gasteiger partial charge in [0.15, 0.2) is 0 Å². The molecule has 17 heavy (non-hydrogen) atoms. The van der Waals surface area contributed by atoms with Crippen LogP contribution in [0.4, 0.5) is 4.79 Å². The predicted octanol–water partition coefficient (Wildman–Crippen LogP) is 1.21. The fourth-order valence-electron chi connectivity index (χ4n) is 1.97. The molecule has 98 valence electrons. The number of alkyl halides is 1. The van der Waals surface area contributed by atoms with Crippen molar-refractivity contribution in [1.82, 2.24) is 10.2 Å². The van der Waals surface area contributed by atoms with Gasteiger partial charge in [-0.25, -0.2) is 4.79 Å². The Kier molecular flexibility index (Phi) is 6.29. The SMILES string of the molecule is COCC1CCCN(C(=O)NC(=O)CCCl)C1. The molecule has 0 aromatic heterocycles. The Morgan fingerprint density at radius 2 is 2.29 bits per heavy atom. The summed E-state index contributed by atoms with van der Waals surface area (Å²) in [5, 5.41) is 2.34. The van der Waals surface area contributed by atoms with Gasteiger partial charge in [0, 0.05) is 38.4 Å². The number of nitrogens with one attached hydrogen (secondary N) is 1. The molecule has 1 atom stereocenters. The number of hydrogen-bond donors (Lipinski definition) is 1. The Morgan fingerprint density at radius 3 is 2.94 bits per heavy atom. The van der Waals surface area contributed by atoms with Crippen LogP contribution >= 0.6 is 11.6 Å². The zero-order valence-electron chi connectivity index (χ0n) is 10.1. The predicted molar refractivity (Wildman–Crippen MR) is 65.0 cm³/mol. The summed E-state index contributed by atoms with van der Waals surface area (Å²) in [6.45, 7) is 1.99. The summed E-state index contributed by atoms with van der Waals surface area (Å²) >= 11 is 5.43. The number of ether oxygens (including phenoxy) is 1. The van der Waals surface area contributed by atoms with Crippen LogP contribution in [0.25, 0.3) is 0 Å². The second kappa shape index (κ2) is 7.50. The molecule has 1 N–H and O–H groups in total. The molecule has 1 aliphatic rings. The van der Waals surface area contributed by atoms with Gasteiger partial charge in [0.2, 0.25) is 5.91 Å². The maximum Gasteiger partial charge on any atom is 0.324 e. The molecule has 0 saturated carbocycles. The average molecular weight is 263 g/mol. The van der Waals surface area contributed by atoms with E-state index >= 15 is 0 Å². The topological polar surface area (TPSA) is 58.6 Å².